The van der Waals surface area contributed by atoms with Crippen molar-refractivity contribution in [2.24, 2.45) is 11.8 Å². The number of hydrogen-bond donors (Lipinski definition) is 2. The van der Waals surface area contributed by atoms with Crippen molar-refractivity contribution < 1.29 is 5.11 Å². The zero-order chi connectivity index (χ0) is 13.9. The van der Waals surface area contributed by atoms with Crippen molar-refractivity contribution in [1.29, 1.82) is 0 Å². The fourth-order valence-electron chi connectivity index (χ4n) is 4.57. The van der Waals surface area contributed by atoms with Gasteiger partial charge in [0, 0.05) is 22.5 Å². The Labute approximate surface area is 119 Å². The third-order valence-corrected chi connectivity index (χ3v) is 5.49. The third-order valence-electron chi connectivity index (χ3n) is 5.49. The van der Waals surface area contributed by atoms with E-state index in [9.17, 15) is 5.11 Å². The number of fused-ring (bicyclic) bond motifs is 6. The summed E-state index contributed by atoms with van der Waals surface area (Å²) in [4.78, 5) is 5.96. The Balaban J connectivity index is 2.00. The topological polar surface area (TPSA) is 39.3 Å². The molecule has 1 aliphatic carbocycles. The monoisotopic (exact) mass is 270 g/mol. The number of hydrogen-bond acceptors (Lipinski definition) is 2. The van der Waals surface area contributed by atoms with Gasteiger partial charge in [-0.25, -0.2) is 0 Å². The molecule has 2 N–H and O–H groups in total. The smallest absolute Gasteiger partial charge is 0.0973 e. The summed E-state index contributed by atoms with van der Waals surface area (Å²) in [6.07, 6.45) is 1.91. The number of aromatic amines is 1. The molecule has 2 aliphatic rings. The first-order chi connectivity index (χ1) is 9.72. The molecule has 4 unspecified atom stereocenters. The van der Waals surface area contributed by atoms with Crippen molar-refractivity contribution in [3.8, 4) is 0 Å². The first-order valence-corrected chi connectivity index (χ1v) is 7.71. The van der Waals surface area contributed by atoms with Crippen LogP contribution in [-0.2, 0) is 0 Å². The van der Waals surface area contributed by atoms with Crippen molar-refractivity contribution in [1.82, 2.24) is 9.88 Å². The second kappa shape index (κ2) is 4.34. The molecule has 2 bridgehead atoms. The summed E-state index contributed by atoms with van der Waals surface area (Å²) >= 11 is 0. The highest BCUT2D eigenvalue weighted by Crippen LogP contribution is 2.53. The van der Waals surface area contributed by atoms with Gasteiger partial charge in [-0.2, -0.15) is 0 Å². The van der Waals surface area contributed by atoms with Crippen LogP contribution in [-0.4, -0.2) is 28.6 Å². The van der Waals surface area contributed by atoms with E-state index in [1.165, 1.54) is 10.9 Å². The van der Waals surface area contributed by atoms with Crippen molar-refractivity contribution in [2.75, 3.05) is 13.6 Å². The van der Waals surface area contributed by atoms with Gasteiger partial charge in [0.15, 0.2) is 0 Å². The van der Waals surface area contributed by atoms with E-state index in [2.05, 4.69) is 48.1 Å². The second-order valence-corrected chi connectivity index (χ2v) is 6.39. The number of aromatic nitrogens is 1. The molecule has 0 radical (unpaired) electrons. The molecule has 1 aromatic carbocycles. The van der Waals surface area contributed by atoms with Gasteiger partial charge < -0.3 is 10.1 Å². The van der Waals surface area contributed by atoms with Gasteiger partial charge in [0.2, 0.25) is 0 Å². The molecule has 106 valence electrons. The Kier molecular flexibility index (Phi) is 2.69. The van der Waals surface area contributed by atoms with E-state index in [1.54, 1.807) is 0 Å². The summed E-state index contributed by atoms with van der Waals surface area (Å²) in [6.45, 7) is 3.35. The van der Waals surface area contributed by atoms with Crippen LogP contribution in [0.25, 0.3) is 10.9 Å². The highest BCUT2D eigenvalue weighted by Gasteiger charge is 2.47. The molecule has 4 atom stereocenters. The SMILES string of the molecule is CCC1C2CCN(C)C1c1c([nH]c3ccccc13)C2O. The van der Waals surface area contributed by atoms with Crippen LogP contribution in [0, 0.1) is 11.8 Å². The van der Waals surface area contributed by atoms with E-state index in [4.69, 9.17) is 0 Å². The predicted molar refractivity (Wildman–Crippen MR) is 80.5 cm³/mol. The van der Waals surface area contributed by atoms with E-state index in [-0.39, 0.29) is 6.10 Å². The maximum atomic E-state index is 10.8. The Morgan fingerprint density at radius 3 is 2.95 bits per heavy atom. The summed E-state index contributed by atoms with van der Waals surface area (Å²) in [5, 5.41) is 12.1. The molecule has 2 aromatic rings. The lowest BCUT2D eigenvalue weighted by molar-refractivity contribution is -0.0322. The number of nitrogens with one attached hydrogen (secondary N) is 1. The number of nitrogens with zero attached hydrogens (tertiary/aromatic N) is 1. The fraction of sp³-hybridized carbons (Fsp3) is 0.529. The highest BCUT2D eigenvalue weighted by molar-refractivity contribution is 5.85. The van der Waals surface area contributed by atoms with Gasteiger partial charge in [0.05, 0.1) is 11.8 Å². The molecule has 0 spiro atoms. The van der Waals surface area contributed by atoms with E-state index >= 15 is 0 Å². The lowest BCUT2D eigenvalue weighted by Crippen LogP contribution is -2.46. The zero-order valence-corrected chi connectivity index (χ0v) is 12.1. The molecule has 0 amide bonds. The number of para-hydroxylation sites is 1. The summed E-state index contributed by atoms with van der Waals surface area (Å²) < 4.78 is 0. The quantitative estimate of drug-likeness (QED) is 0.835. The molecular weight excluding hydrogens is 248 g/mol. The number of aliphatic hydroxyl groups is 1. The Bertz CT molecular complexity index is 647. The summed E-state index contributed by atoms with van der Waals surface area (Å²) in [6, 6.07) is 8.91. The van der Waals surface area contributed by atoms with Crippen molar-refractivity contribution in [3.05, 3.63) is 35.5 Å². The average Bonchev–Trinajstić information content (AvgIpc) is 2.85. The lowest BCUT2D eigenvalue weighted by Gasteiger charge is -2.49. The van der Waals surface area contributed by atoms with Gasteiger partial charge in [0.25, 0.3) is 0 Å². The van der Waals surface area contributed by atoms with Crippen LogP contribution in [0.4, 0.5) is 0 Å². The highest BCUT2D eigenvalue weighted by atomic mass is 16.3. The molecule has 4 rings (SSSR count). The molecule has 1 aliphatic heterocycles. The summed E-state index contributed by atoms with van der Waals surface area (Å²) in [5.41, 5.74) is 3.57. The minimum Gasteiger partial charge on any atom is -0.387 e. The number of rotatable bonds is 1. The van der Waals surface area contributed by atoms with Crippen LogP contribution < -0.4 is 0 Å². The minimum atomic E-state index is -0.327. The minimum absolute atomic E-state index is 0.327. The first kappa shape index (κ1) is 12.4. The van der Waals surface area contributed by atoms with Crippen LogP contribution >= 0.6 is 0 Å². The second-order valence-electron chi connectivity index (χ2n) is 6.39. The first-order valence-electron chi connectivity index (χ1n) is 7.71. The summed E-state index contributed by atoms with van der Waals surface area (Å²) in [5.74, 6) is 0.970. The molecule has 2 heterocycles. The predicted octanol–water partition coefficient (Wildman–Crippen LogP) is 3.23. The van der Waals surface area contributed by atoms with Crippen LogP contribution in [0.15, 0.2) is 24.3 Å². The van der Waals surface area contributed by atoms with E-state index < -0.39 is 0 Å². The molecule has 3 nitrogen and oxygen atoms in total. The van der Waals surface area contributed by atoms with E-state index in [1.807, 2.05) is 0 Å². The Hall–Kier alpha value is -1.32. The summed E-state index contributed by atoms with van der Waals surface area (Å²) in [7, 11) is 2.23. The molecule has 1 saturated heterocycles. The van der Waals surface area contributed by atoms with Crippen molar-refractivity contribution in [3.63, 3.8) is 0 Å². The molecule has 20 heavy (non-hydrogen) atoms. The number of likely N-dealkylation sites (tertiary alicyclic amines) is 1. The number of piperidine rings is 1. The lowest BCUT2D eigenvalue weighted by atomic mass is 9.67. The van der Waals surface area contributed by atoms with Crippen LogP contribution in [0.1, 0.15) is 43.2 Å². The normalized spacial score (nSPS) is 33.4. The molecule has 3 heteroatoms. The van der Waals surface area contributed by atoms with Crippen LogP contribution in [0.3, 0.4) is 0 Å². The number of aliphatic hydroxyl groups excluding tert-OH is 1. The van der Waals surface area contributed by atoms with Gasteiger partial charge in [-0.05, 0) is 37.9 Å². The van der Waals surface area contributed by atoms with Gasteiger partial charge in [-0.15, -0.1) is 0 Å². The maximum absolute atomic E-state index is 10.8. The standard InChI is InChI=1S/C17H22N2O/c1-3-10-11-8-9-19(2)16(10)14-12-6-4-5-7-13(12)18-15(14)17(11)20/h4-7,10-11,16-18,20H,3,8-9H2,1-2H3. The molecule has 1 fully saturated rings. The third kappa shape index (κ3) is 1.48. The number of H-pyrrole nitrogens is 1. The van der Waals surface area contributed by atoms with Gasteiger partial charge >= 0.3 is 0 Å². The molecule has 0 saturated carbocycles. The van der Waals surface area contributed by atoms with E-state index in [0.717, 1.165) is 30.6 Å². The van der Waals surface area contributed by atoms with Gasteiger partial charge in [0.1, 0.15) is 0 Å². The van der Waals surface area contributed by atoms with Gasteiger partial charge in [-0.1, -0.05) is 31.5 Å². The molecular formula is C17H22N2O. The fourth-order valence-corrected chi connectivity index (χ4v) is 4.57. The largest absolute Gasteiger partial charge is 0.387 e. The number of benzene rings is 1. The van der Waals surface area contributed by atoms with Crippen LogP contribution in [0.5, 0.6) is 0 Å². The van der Waals surface area contributed by atoms with Crippen molar-refractivity contribution in [2.45, 2.75) is 31.9 Å². The molecule has 1 aromatic heterocycles. The van der Waals surface area contributed by atoms with E-state index in [0.29, 0.717) is 17.9 Å². The van der Waals surface area contributed by atoms with Crippen LogP contribution in [0.2, 0.25) is 0 Å². The van der Waals surface area contributed by atoms with Gasteiger partial charge in [-0.3, -0.25) is 4.90 Å². The zero-order valence-electron chi connectivity index (χ0n) is 12.1. The van der Waals surface area contributed by atoms with Crippen molar-refractivity contribution >= 4 is 10.9 Å². The maximum Gasteiger partial charge on any atom is 0.0973 e. The average molecular weight is 270 g/mol. The Morgan fingerprint density at radius 1 is 1.35 bits per heavy atom. The Morgan fingerprint density at radius 2 is 2.15 bits per heavy atom.